The van der Waals surface area contributed by atoms with Gasteiger partial charge in [0.2, 0.25) is 0 Å². The van der Waals surface area contributed by atoms with E-state index in [0.29, 0.717) is 10.3 Å². The molecular formula is C7H7Cl2N3. The van der Waals surface area contributed by atoms with Crippen molar-refractivity contribution in [3.8, 4) is 0 Å². The van der Waals surface area contributed by atoms with E-state index in [0.717, 1.165) is 24.5 Å². The lowest BCUT2D eigenvalue weighted by atomic mass is 10.3. The first-order chi connectivity index (χ1) is 5.77. The van der Waals surface area contributed by atoms with E-state index in [1.54, 1.807) is 6.07 Å². The third-order valence-electron chi connectivity index (χ3n) is 1.69. The van der Waals surface area contributed by atoms with Crippen molar-refractivity contribution in [1.82, 2.24) is 4.98 Å². The summed E-state index contributed by atoms with van der Waals surface area (Å²) in [6.07, 6.45) is 0. The smallest absolute Gasteiger partial charge is 0.156 e. The van der Waals surface area contributed by atoms with Gasteiger partial charge >= 0.3 is 0 Å². The van der Waals surface area contributed by atoms with Crippen molar-refractivity contribution in [2.24, 2.45) is 0 Å². The van der Waals surface area contributed by atoms with Crippen molar-refractivity contribution in [2.45, 2.75) is 0 Å². The molecule has 3 nitrogen and oxygen atoms in total. The number of halogens is 2. The van der Waals surface area contributed by atoms with Crippen LogP contribution < -0.4 is 10.6 Å². The van der Waals surface area contributed by atoms with Gasteiger partial charge in [0.05, 0.1) is 11.4 Å². The molecule has 12 heavy (non-hydrogen) atoms. The topological polar surface area (TPSA) is 37.0 Å². The molecule has 0 fully saturated rings. The Morgan fingerprint density at radius 3 is 2.83 bits per heavy atom. The van der Waals surface area contributed by atoms with Gasteiger partial charge in [-0.05, 0) is 0 Å². The van der Waals surface area contributed by atoms with Crippen molar-refractivity contribution < 1.29 is 0 Å². The van der Waals surface area contributed by atoms with Gasteiger partial charge < -0.3 is 10.6 Å². The molecule has 1 aliphatic rings. The van der Waals surface area contributed by atoms with E-state index in [-0.39, 0.29) is 0 Å². The Morgan fingerprint density at radius 2 is 2.00 bits per heavy atom. The fourth-order valence-electron chi connectivity index (χ4n) is 1.18. The molecule has 0 aromatic carbocycles. The van der Waals surface area contributed by atoms with E-state index in [1.807, 2.05) is 0 Å². The van der Waals surface area contributed by atoms with E-state index in [2.05, 4.69) is 15.6 Å². The molecule has 2 rings (SSSR count). The molecule has 2 heterocycles. The van der Waals surface area contributed by atoms with Crippen molar-refractivity contribution in [3.63, 3.8) is 0 Å². The zero-order valence-electron chi connectivity index (χ0n) is 6.19. The molecule has 1 aromatic heterocycles. The van der Waals surface area contributed by atoms with Crippen LogP contribution in [-0.2, 0) is 0 Å². The van der Waals surface area contributed by atoms with E-state index < -0.39 is 0 Å². The molecule has 0 saturated carbocycles. The summed E-state index contributed by atoms with van der Waals surface area (Å²) < 4.78 is 0. The van der Waals surface area contributed by atoms with Gasteiger partial charge in [-0.1, -0.05) is 23.2 Å². The third kappa shape index (κ3) is 1.30. The molecule has 0 atom stereocenters. The Labute approximate surface area is 80.1 Å². The number of fused-ring (bicyclic) bond motifs is 1. The number of anilines is 2. The highest BCUT2D eigenvalue weighted by Crippen LogP contribution is 2.32. The maximum absolute atomic E-state index is 5.85. The van der Waals surface area contributed by atoms with Crippen LogP contribution in [0.2, 0.25) is 10.3 Å². The molecule has 1 aliphatic heterocycles. The Hall–Kier alpha value is -0.670. The highest BCUT2D eigenvalue weighted by atomic mass is 35.5. The molecule has 1 aromatic rings. The second-order valence-electron chi connectivity index (χ2n) is 2.51. The van der Waals surface area contributed by atoms with E-state index >= 15 is 0 Å². The highest BCUT2D eigenvalue weighted by molar-refractivity contribution is 6.35. The van der Waals surface area contributed by atoms with Crippen LogP contribution in [-0.4, -0.2) is 18.1 Å². The summed E-state index contributed by atoms with van der Waals surface area (Å²) in [6.45, 7) is 1.74. The first-order valence-electron chi connectivity index (χ1n) is 3.61. The van der Waals surface area contributed by atoms with Crippen LogP contribution in [0.15, 0.2) is 6.07 Å². The van der Waals surface area contributed by atoms with Crippen LogP contribution in [0, 0.1) is 0 Å². The largest absolute Gasteiger partial charge is 0.381 e. The molecule has 0 unspecified atom stereocenters. The number of hydrogen-bond acceptors (Lipinski definition) is 3. The first kappa shape index (κ1) is 7.95. The molecule has 0 aliphatic carbocycles. The minimum atomic E-state index is 0.412. The lowest BCUT2D eigenvalue weighted by molar-refractivity contribution is 1.04. The van der Waals surface area contributed by atoms with Crippen LogP contribution in [0.1, 0.15) is 0 Å². The fourth-order valence-corrected chi connectivity index (χ4v) is 1.67. The van der Waals surface area contributed by atoms with Gasteiger partial charge in [0.1, 0.15) is 5.15 Å². The zero-order valence-corrected chi connectivity index (χ0v) is 7.71. The quantitative estimate of drug-likeness (QED) is 0.636. The second kappa shape index (κ2) is 2.99. The van der Waals surface area contributed by atoms with Crippen LogP contribution in [0.3, 0.4) is 0 Å². The summed E-state index contributed by atoms with van der Waals surface area (Å²) in [4.78, 5) is 3.92. The van der Waals surface area contributed by atoms with Crippen molar-refractivity contribution >= 4 is 34.6 Å². The van der Waals surface area contributed by atoms with Crippen LogP contribution >= 0.6 is 23.2 Å². The molecule has 5 heteroatoms. The zero-order chi connectivity index (χ0) is 8.55. The summed E-state index contributed by atoms with van der Waals surface area (Å²) in [5, 5.41) is 7.15. The summed E-state index contributed by atoms with van der Waals surface area (Å²) in [7, 11) is 0. The van der Waals surface area contributed by atoms with E-state index in [4.69, 9.17) is 23.2 Å². The summed E-state index contributed by atoms with van der Waals surface area (Å²) in [5.74, 6) is 0. The average molecular weight is 204 g/mol. The van der Waals surface area contributed by atoms with Gasteiger partial charge in [-0.15, -0.1) is 0 Å². The van der Waals surface area contributed by atoms with E-state index in [1.165, 1.54) is 0 Å². The molecule has 0 amide bonds. The maximum Gasteiger partial charge on any atom is 0.156 e. The molecule has 0 radical (unpaired) electrons. The number of nitrogens with zero attached hydrogens (tertiary/aromatic N) is 1. The monoisotopic (exact) mass is 203 g/mol. The summed E-state index contributed by atoms with van der Waals surface area (Å²) in [6, 6.07) is 1.76. The minimum Gasteiger partial charge on any atom is -0.381 e. The number of nitrogens with one attached hydrogen (secondary N) is 2. The molecule has 64 valence electrons. The molecule has 0 bridgehead atoms. The number of aromatic nitrogens is 1. The highest BCUT2D eigenvalue weighted by Gasteiger charge is 2.12. The maximum atomic E-state index is 5.85. The standard InChI is InChI=1S/C7H7Cl2N3/c8-5-3-4-6(7(9)12-5)11-2-1-10-4/h3,10-11H,1-2H2. The number of pyridine rings is 1. The van der Waals surface area contributed by atoms with Crippen LogP contribution in [0.25, 0.3) is 0 Å². The molecule has 0 saturated heterocycles. The Balaban J connectivity index is 2.53. The SMILES string of the molecule is Clc1cc2c(c(Cl)n1)NCCN2. The van der Waals surface area contributed by atoms with Crippen molar-refractivity contribution in [3.05, 3.63) is 16.4 Å². The molecule has 0 spiro atoms. The van der Waals surface area contributed by atoms with Gasteiger partial charge in [0.15, 0.2) is 5.15 Å². The van der Waals surface area contributed by atoms with Crippen molar-refractivity contribution in [2.75, 3.05) is 23.7 Å². The third-order valence-corrected chi connectivity index (χ3v) is 2.15. The summed E-state index contributed by atoms with van der Waals surface area (Å²) >= 11 is 11.6. The Bertz CT molecular complexity index is 314. The second-order valence-corrected chi connectivity index (χ2v) is 3.26. The summed E-state index contributed by atoms with van der Waals surface area (Å²) in [5.41, 5.74) is 1.76. The lowest BCUT2D eigenvalue weighted by Crippen LogP contribution is -2.21. The molecule has 2 N–H and O–H groups in total. The fraction of sp³-hybridized carbons (Fsp3) is 0.286. The molecular weight excluding hydrogens is 197 g/mol. The van der Waals surface area contributed by atoms with Gasteiger partial charge in [0, 0.05) is 19.2 Å². The average Bonchev–Trinajstić information content (AvgIpc) is 2.04. The predicted molar refractivity (Wildman–Crippen MR) is 51.2 cm³/mol. The predicted octanol–water partition coefficient (Wildman–Crippen LogP) is 2.23. The normalized spacial score (nSPS) is 14.5. The van der Waals surface area contributed by atoms with Gasteiger partial charge in [0.25, 0.3) is 0 Å². The Kier molecular flexibility index (Phi) is 1.98. The lowest BCUT2D eigenvalue weighted by Gasteiger charge is -2.20. The van der Waals surface area contributed by atoms with Gasteiger partial charge in [-0.25, -0.2) is 4.98 Å². The van der Waals surface area contributed by atoms with E-state index in [9.17, 15) is 0 Å². The van der Waals surface area contributed by atoms with Crippen molar-refractivity contribution in [1.29, 1.82) is 0 Å². The van der Waals surface area contributed by atoms with Gasteiger partial charge in [-0.2, -0.15) is 0 Å². The number of rotatable bonds is 0. The minimum absolute atomic E-state index is 0.412. The number of hydrogen-bond donors (Lipinski definition) is 2. The van der Waals surface area contributed by atoms with Gasteiger partial charge in [-0.3, -0.25) is 0 Å². The Morgan fingerprint density at radius 1 is 1.25 bits per heavy atom. The van der Waals surface area contributed by atoms with Crippen LogP contribution in [0.4, 0.5) is 11.4 Å². The van der Waals surface area contributed by atoms with Crippen LogP contribution in [0.5, 0.6) is 0 Å². The first-order valence-corrected chi connectivity index (χ1v) is 4.37.